The van der Waals surface area contributed by atoms with Gasteiger partial charge in [0.15, 0.2) is 17.3 Å². The van der Waals surface area contributed by atoms with Crippen LogP contribution in [-0.2, 0) is 9.59 Å². The molecule has 0 saturated carbocycles. The molecule has 2 unspecified atom stereocenters. The fourth-order valence-electron chi connectivity index (χ4n) is 4.64. The van der Waals surface area contributed by atoms with E-state index in [4.69, 9.17) is 14.2 Å². The van der Waals surface area contributed by atoms with Gasteiger partial charge in [-0.1, -0.05) is 18.2 Å². The molecule has 1 aliphatic heterocycles. The second kappa shape index (κ2) is 9.07. The van der Waals surface area contributed by atoms with E-state index in [1.165, 1.54) is 0 Å². The second-order valence-corrected chi connectivity index (χ2v) is 8.58. The number of amides is 1. The molecule has 4 rings (SSSR count). The Kier molecular flexibility index (Phi) is 6.21. The lowest BCUT2D eigenvalue weighted by Gasteiger charge is -2.34. The van der Waals surface area contributed by atoms with Crippen molar-refractivity contribution >= 4 is 11.7 Å². The Hall–Kier alpha value is -3.28. The molecule has 1 heterocycles. The van der Waals surface area contributed by atoms with Gasteiger partial charge in [-0.3, -0.25) is 9.59 Å². The van der Waals surface area contributed by atoms with Crippen molar-refractivity contribution in [2.24, 2.45) is 0 Å². The number of carbonyl (C=O) groups excluding carboxylic acids is 2. The van der Waals surface area contributed by atoms with Crippen molar-refractivity contribution in [3.8, 4) is 17.2 Å². The Labute approximate surface area is 188 Å². The lowest BCUT2D eigenvalue weighted by atomic mass is 9.73. The van der Waals surface area contributed by atoms with E-state index in [1.54, 1.807) is 14.2 Å². The maximum absolute atomic E-state index is 13.3. The molecule has 32 heavy (non-hydrogen) atoms. The summed E-state index contributed by atoms with van der Waals surface area (Å²) in [5.41, 5.74) is 3.41. The molecule has 2 aromatic carbocycles. The van der Waals surface area contributed by atoms with Gasteiger partial charge in [-0.05, 0) is 61.6 Å². The first-order valence-electron chi connectivity index (χ1n) is 10.9. The summed E-state index contributed by atoms with van der Waals surface area (Å²) in [5, 5.41) is 2.98. The fraction of sp³-hybridized carbons (Fsp3) is 0.385. The monoisotopic (exact) mass is 435 g/mol. The summed E-state index contributed by atoms with van der Waals surface area (Å²) in [4.78, 5) is 25.9. The van der Waals surface area contributed by atoms with Crippen molar-refractivity contribution in [3.63, 3.8) is 0 Å². The molecular formula is C26H29NO5. The average molecular weight is 436 g/mol. The van der Waals surface area contributed by atoms with E-state index in [1.807, 2.05) is 56.3 Å². The standard InChI is InChI=1S/C26H29NO5/c1-15(2)32-19-8-5-16(6-9-19)18-11-21-26(22(28)12-18)20(14-25(29)27-21)17-7-10-23(30-3)24(13-17)31-4/h5-10,13,15,18,20H,11-12,14H2,1-4H3,(H,27,29). The minimum Gasteiger partial charge on any atom is -0.493 e. The van der Waals surface area contributed by atoms with Crippen LogP contribution in [0.4, 0.5) is 0 Å². The van der Waals surface area contributed by atoms with Crippen LogP contribution in [0.25, 0.3) is 0 Å². The second-order valence-electron chi connectivity index (χ2n) is 8.58. The smallest absolute Gasteiger partial charge is 0.225 e. The van der Waals surface area contributed by atoms with Gasteiger partial charge in [-0.25, -0.2) is 0 Å². The summed E-state index contributed by atoms with van der Waals surface area (Å²) in [5.74, 6) is 1.77. The molecular weight excluding hydrogens is 406 g/mol. The molecule has 1 amide bonds. The molecule has 0 fully saturated rings. The van der Waals surface area contributed by atoms with Crippen molar-refractivity contribution in [2.75, 3.05) is 14.2 Å². The highest BCUT2D eigenvalue weighted by Gasteiger charge is 2.38. The largest absolute Gasteiger partial charge is 0.493 e. The highest BCUT2D eigenvalue weighted by atomic mass is 16.5. The number of Topliss-reactive ketones (excluding diaryl/α,β-unsaturated/α-hetero) is 1. The van der Waals surface area contributed by atoms with E-state index in [-0.39, 0.29) is 36.1 Å². The summed E-state index contributed by atoms with van der Waals surface area (Å²) in [6.07, 6.45) is 1.39. The predicted molar refractivity (Wildman–Crippen MR) is 121 cm³/mol. The van der Waals surface area contributed by atoms with Gasteiger partial charge in [0.2, 0.25) is 5.91 Å². The summed E-state index contributed by atoms with van der Waals surface area (Å²) in [6.45, 7) is 3.98. The molecule has 168 valence electrons. The summed E-state index contributed by atoms with van der Waals surface area (Å²) in [6, 6.07) is 13.5. The fourth-order valence-corrected chi connectivity index (χ4v) is 4.64. The third-order valence-electron chi connectivity index (χ3n) is 6.07. The Balaban J connectivity index is 1.63. The third-order valence-corrected chi connectivity index (χ3v) is 6.07. The van der Waals surface area contributed by atoms with Gasteiger partial charge in [0.25, 0.3) is 0 Å². The van der Waals surface area contributed by atoms with Gasteiger partial charge in [0, 0.05) is 30.0 Å². The van der Waals surface area contributed by atoms with Crippen LogP contribution in [0.15, 0.2) is 53.7 Å². The topological polar surface area (TPSA) is 73.9 Å². The molecule has 2 aromatic rings. The van der Waals surface area contributed by atoms with Gasteiger partial charge in [0.05, 0.1) is 20.3 Å². The van der Waals surface area contributed by atoms with Crippen LogP contribution in [0.2, 0.25) is 0 Å². The quantitative estimate of drug-likeness (QED) is 0.723. The number of ketones is 1. The Morgan fingerprint density at radius 2 is 1.56 bits per heavy atom. The lowest BCUT2D eigenvalue weighted by molar-refractivity contribution is -0.122. The maximum atomic E-state index is 13.3. The van der Waals surface area contributed by atoms with Crippen LogP contribution in [0, 0.1) is 0 Å². The van der Waals surface area contributed by atoms with Crippen LogP contribution in [0.3, 0.4) is 0 Å². The zero-order valence-corrected chi connectivity index (χ0v) is 18.9. The minimum atomic E-state index is -0.283. The number of carbonyl (C=O) groups is 2. The summed E-state index contributed by atoms with van der Waals surface area (Å²) >= 11 is 0. The predicted octanol–water partition coefficient (Wildman–Crippen LogP) is 4.50. The van der Waals surface area contributed by atoms with Gasteiger partial charge >= 0.3 is 0 Å². The zero-order valence-electron chi connectivity index (χ0n) is 18.9. The molecule has 6 nitrogen and oxygen atoms in total. The first-order valence-corrected chi connectivity index (χ1v) is 10.9. The summed E-state index contributed by atoms with van der Waals surface area (Å²) < 4.78 is 16.5. The number of ether oxygens (including phenoxy) is 3. The van der Waals surface area contributed by atoms with Crippen molar-refractivity contribution in [1.82, 2.24) is 5.32 Å². The van der Waals surface area contributed by atoms with E-state index >= 15 is 0 Å². The molecule has 0 aromatic heterocycles. The number of allylic oxidation sites excluding steroid dienone is 2. The highest BCUT2D eigenvalue weighted by Crippen LogP contribution is 2.44. The number of rotatable bonds is 6. The highest BCUT2D eigenvalue weighted by molar-refractivity contribution is 6.02. The Morgan fingerprint density at radius 1 is 0.875 bits per heavy atom. The number of hydrogen-bond acceptors (Lipinski definition) is 5. The van der Waals surface area contributed by atoms with E-state index in [0.717, 1.165) is 22.6 Å². The normalized spacial score (nSPS) is 20.7. The number of methoxy groups -OCH3 is 2. The van der Waals surface area contributed by atoms with Gasteiger partial charge in [0.1, 0.15) is 5.75 Å². The third kappa shape index (κ3) is 4.35. The van der Waals surface area contributed by atoms with Crippen LogP contribution < -0.4 is 19.5 Å². The number of benzene rings is 2. The summed E-state index contributed by atoms with van der Waals surface area (Å²) in [7, 11) is 3.16. The molecule has 2 atom stereocenters. The maximum Gasteiger partial charge on any atom is 0.225 e. The Morgan fingerprint density at radius 3 is 2.22 bits per heavy atom. The van der Waals surface area contributed by atoms with Crippen LogP contribution in [-0.4, -0.2) is 32.0 Å². The molecule has 1 aliphatic carbocycles. The molecule has 0 spiro atoms. The van der Waals surface area contributed by atoms with E-state index in [0.29, 0.717) is 29.9 Å². The average Bonchev–Trinajstić information content (AvgIpc) is 2.77. The van der Waals surface area contributed by atoms with Crippen molar-refractivity contribution < 1.29 is 23.8 Å². The SMILES string of the molecule is COc1ccc(C2CC(=O)NC3=C2C(=O)CC(c2ccc(OC(C)C)cc2)C3)cc1OC. The first kappa shape index (κ1) is 21.9. The van der Waals surface area contributed by atoms with Crippen LogP contribution >= 0.6 is 0 Å². The van der Waals surface area contributed by atoms with Gasteiger partial charge < -0.3 is 19.5 Å². The lowest BCUT2D eigenvalue weighted by Crippen LogP contribution is -2.38. The van der Waals surface area contributed by atoms with Crippen molar-refractivity contribution in [1.29, 1.82) is 0 Å². The molecule has 0 saturated heterocycles. The van der Waals surface area contributed by atoms with Crippen LogP contribution in [0.1, 0.15) is 56.1 Å². The molecule has 0 bridgehead atoms. The van der Waals surface area contributed by atoms with Crippen molar-refractivity contribution in [3.05, 3.63) is 64.9 Å². The minimum absolute atomic E-state index is 0.0267. The first-order chi connectivity index (χ1) is 15.4. The van der Waals surface area contributed by atoms with E-state index in [9.17, 15) is 9.59 Å². The van der Waals surface area contributed by atoms with Gasteiger partial charge in [-0.15, -0.1) is 0 Å². The molecule has 6 heteroatoms. The molecule has 1 N–H and O–H groups in total. The number of nitrogens with one attached hydrogen (secondary N) is 1. The Bertz CT molecular complexity index is 1050. The zero-order chi connectivity index (χ0) is 22.8. The van der Waals surface area contributed by atoms with Crippen LogP contribution in [0.5, 0.6) is 17.2 Å². The number of hydrogen-bond donors (Lipinski definition) is 1. The van der Waals surface area contributed by atoms with Gasteiger partial charge in [-0.2, -0.15) is 0 Å². The molecule has 2 aliphatic rings. The van der Waals surface area contributed by atoms with E-state index in [2.05, 4.69) is 5.32 Å². The molecule has 0 radical (unpaired) electrons. The van der Waals surface area contributed by atoms with Crippen molar-refractivity contribution in [2.45, 2.75) is 51.0 Å². The van der Waals surface area contributed by atoms with E-state index < -0.39 is 0 Å².